The van der Waals surface area contributed by atoms with Gasteiger partial charge < -0.3 is 19.5 Å². The fourth-order valence-corrected chi connectivity index (χ4v) is 2.90. The van der Waals surface area contributed by atoms with Crippen LogP contribution in [0.2, 0.25) is 0 Å². The highest BCUT2D eigenvalue weighted by atomic mass is 19.1. The molecule has 0 saturated carbocycles. The summed E-state index contributed by atoms with van der Waals surface area (Å²) < 4.78 is 23.6. The van der Waals surface area contributed by atoms with Crippen LogP contribution < -0.4 is 10.2 Å². The number of nitrogens with zero attached hydrogens (tertiary/aromatic N) is 2. The van der Waals surface area contributed by atoms with Crippen molar-refractivity contribution in [3.63, 3.8) is 0 Å². The van der Waals surface area contributed by atoms with Gasteiger partial charge in [0.25, 0.3) is 0 Å². The van der Waals surface area contributed by atoms with E-state index in [1.807, 2.05) is 18.7 Å². The Balaban J connectivity index is 1.65. The van der Waals surface area contributed by atoms with Gasteiger partial charge in [-0.3, -0.25) is 4.79 Å². The minimum atomic E-state index is -0.332. The number of nitrogens with one attached hydrogen (secondary N) is 1. The number of benzene rings is 1. The molecule has 2 heterocycles. The van der Waals surface area contributed by atoms with E-state index in [0.29, 0.717) is 18.2 Å². The van der Waals surface area contributed by atoms with Gasteiger partial charge in [0.15, 0.2) is 5.82 Å². The molecule has 134 valence electrons. The molecule has 1 aliphatic heterocycles. The zero-order valence-corrected chi connectivity index (χ0v) is 14.6. The summed E-state index contributed by atoms with van der Waals surface area (Å²) in [5, 5.41) is 6.71. The van der Waals surface area contributed by atoms with Crippen LogP contribution in [0.1, 0.15) is 26.0 Å². The number of anilines is 2. The number of ether oxygens (including phenoxy) is 1. The molecular formula is C18H22FN3O3. The van der Waals surface area contributed by atoms with E-state index in [1.165, 1.54) is 12.1 Å². The summed E-state index contributed by atoms with van der Waals surface area (Å²) in [6.45, 7) is 5.20. The summed E-state index contributed by atoms with van der Waals surface area (Å²) >= 11 is 0. The third kappa shape index (κ3) is 3.66. The maximum absolute atomic E-state index is 13.0. The molecule has 0 radical (unpaired) electrons. The zero-order valence-electron chi connectivity index (χ0n) is 14.6. The van der Waals surface area contributed by atoms with Crippen LogP contribution in [0.3, 0.4) is 0 Å². The number of hydrogen-bond acceptors (Lipinski definition) is 5. The second kappa shape index (κ2) is 6.84. The number of hydrogen-bond donors (Lipinski definition) is 1. The Labute approximate surface area is 145 Å². The summed E-state index contributed by atoms with van der Waals surface area (Å²) in [6.07, 6.45) is 0.739. The molecule has 1 aromatic carbocycles. The Kier molecular flexibility index (Phi) is 4.76. The molecule has 25 heavy (non-hydrogen) atoms. The quantitative estimate of drug-likeness (QED) is 0.870. The molecule has 3 rings (SSSR count). The Morgan fingerprint density at radius 3 is 2.76 bits per heavy atom. The molecule has 0 aliphatic carbocycles. The van der Waals surface area contributed by atoms with E-state index in [1.54, 1.807) is 25.3 Å². The molecule has 2 aromatic rings. The number of halogens is 1. The average molecular weight is 347 g/mol. The van der Waals surface area contributed by atoms with Crippen molar-refractivity contribution in [1.29, 1.82) is 0 Å². The van der Waals surface area contributed by atoms with E-state index in [4.69, 9.17) is 9.26 Å². The Morgan fingerprint density at radius 1 is 1.44 bits per heavy atom. The van der Waals surface area contributed by atoms with Gasteiger partial charge in [0, 0.05) is 30.8 Å². The third-order valence-electron chi connectivity index (χ3n) is 4.41. The van der Waals surface area contributed by atoms with Crippen molar-refractivity contribution in [2.24, 2.45) is 0 Å². The molecule has 1 amide bonds. The summed E-state index contributed by atoms with van der Waals surface area (Å²) in [6, 6.07) is 7.57. The zero-order chi connectivity index (χ0) is 18.0. The summed E-state index contributed by atoms with van der Waals surface area (Å²) in [5.74, 6) is 0.586. The molecular weight excluding hydrogens is 325 g/mol. The lowest BCUT2D eigenvalue weighted by atomic mass is 9.91. The van der Waals surface area contributed by atoms with Crippen molar-refractivity contribution in [1.82, 2.24) is 5.16 Å². The second-order valence-electron chi connectivity index (χ2n) is 6.86. The average Bonchev–Trinajstić information content (AvgIpc) is 2.97. The van der Waals surface area contributed by atoms with Crippen LogP contribution in [0.4, 0.5) is 15.9 Å². The van der Waals surface area contributed by atoms with Crippen LogP contribution >= 0.6 is 0 Å². The Hall–Kier alpha value is -2.41. The van der Waals surface area contributed by atoms with Gasteiger partial charge in [0.05, 0.1) is 6.61 Å². The first-order valence-electron chi connectivity index (χ1n) is 8.20. The molecule has 0 spiro atoms. The number of rotatable bonds is 6. The Bertz CT molecular complexity index is 742. The summed E-state index contributed by atoms with van der Waals surface area (Å²) in [5.41, 5.74) is 0.497. The molecule has 0 bridgehead atoms. The highest BCUT2D eigenvalue weighted by Crippen LogP contribution is 2.29. The minimum Gasteiger partial charge on any atom is -0.384 e. The first kappa shape index (κ1) is 17.4. The molecule has 6 nitrogen and oxygen atoms in total. The highest BCUT2D eigenvalue weighted by molar-refractivity contribution is 5.97. The maximum atomic E-state index is 13.0. The van der Waals surface area contributed by atoms with Crippen LogP contribution in [0.15, 0.2) is 34.9 Å². The maximum Gasteiger partial charge on any atom is 0.248 e. The van der Waals surface area contributed by atoms with Crippen LogP contribution in [0.5, 0.6) is 0 Å². The van der Waals surface area contributed by atoms with Crippen LogP contribution in [-0.2, 0) is 14.9 Å². The van der Waals surface area contributed by atoms with Crippen LogP contribution in [-0.4, -0.2) is 37.4 Å². The van der Waals surface area contributed by atoms with Gasteiger partial charge >= 0.3 is 0 Å². The molecule has 1 N–H and O–H groups in total. The van der Waals surface area contributed by atoms with Crippen LogP contribution in [0.25, 0.3) is 0 Å². The normalized spacial score (nSPS) is 17.3. The molecule has 1 saturated heterocycles. The van der Waals surface area contributed by atoms with Crippen molar-refractivity contribution in [3.8, 4) is 0 Å². The first-order valence-corrected chi connectivity index (χ1v) is 8.20. The van der Waals surface area contributed by atoms with Gasteiger partial charge in [-0.05, 0) is 30.7 Å². The molecule has 7 heteroatoms. The SMILES string of the molecule is COCC(C)(C)c1cc(NC(=O)C2CCN2c2ccc(F)cc2)no1. The minimum absolute atomic E-state index is 0.153. The second-order valence-corrected chi connectivity index (χ2v) is 6.86. The lowest BCUT2D eigenvalue weighted by molar-refractivity contribution is -0.118. The number of carbonyl (C=O) groups is 1. The van der Waals surface area contributed by atoms with Gasteiger partial charge in [0.2, 0.25) is 5.91 Å². The fourth-order valence-electron chi connectivity index (χ4n) is 2.90. The van der Waals surface area contributed by atoms with Gasteiger partial charge in [0.1, 0.15) is 17.6 Å². The Morgan fingerprint density at radius 2 is 2.16 bits per heavy atom. The number of aromatic nitrogens is 1. The van der Waals surface area contributed by atoms with Gasteiger partial charge in [-0.25, -0.2) is 4.39 Å². The number of carbonyl (C=O) groups excluding carboxylic acids is 1. The summed E-state index contributed by atoms with van der Waals surface area (Å²) in [4.78, 5) is 14.4. The predicted molar refractivity (Wildman–Crippen MR) is 92.2 cm³/mol. The lowest BCUT2D eigenvalue weighted by Crippen LogP contribution is -2.54. The highest BCUT2D eigenvalue weighted by Gasteiger charge is 2.35. The van der Waals surface area contributed by atoms with Crippen molar-refractivity contribution in [2.75, 3.05) is 30.5 Å². The van der Waals surface area contributed by atoms with E-state index in [2.05, 4.69) is 10.5 Å². The molecule has 1 aromatic heterocycles. The van der Waals surface area contributed by atoms with Gasteiger partial charge in [-0.15, -0.1) is 0 Å². The monoisotopic (exact) mass is 347 g/mol. The van der Waals surface area contributed by atoms with Crippen LogP contribution in [0, 0.1) is 5.82 Å². The molecule has 1 atom stereocenters. The molecule has 1 aliphatic rings. The fraction of sp³-hybridized carbons (Fsp3) is 0.444. The van der Waals surface area contributed by atoms with Crippen molar-refractivity contribution < 1.29 is 18.4 Å². The smallest absolute Gasteiger partial charge is 0.248 e. The van der Waals surface area contributed by atoms with E-state index in [0.717, 1.165) is 18.7 Å². The van der Waals surface area contributed by atoms with Crippen molar-refractivity contribution >= 4 is 17.4 Å². The van der Waals surface area contributed by atoms with E-state index < -0.39 is 0 Å². The number of methoxy groups -OCH3 is 1. The standard InChI is InChI=1S/C18H22FN3O3/c1-18(2,11-24-3)15-10-16(21-25-15)20-17(23)14-8-9-22(14)13-6-4-12(19)5-7-13/h4-7,10,14H,8-9,11H2,1-3H3,(H,20,21,23). The van der Waals surface area contributed by atoms with Crippen molar-refractivity contribution in [3.05, 3.63) is 41.9 Å². The van der Waals surface area contributed by atoms with Gasteiger partial charge in [-0.2, -0.15) is 0 Å². The van der Waals surface area contributed by atoms with E-state index >= 15 is 0 Å². The molecule has 1 fully saturated rings. The van der Waals surface area contributed by atoms with E-state index in [9.17, 15) is 9.18 Å². The third-order valence-corrected chi connectivity index (χ3v) is 4.41. The lowest BCUT2D eigenvalue weighted by Gasteiger charge is -2.41. The predicted octanol–water partition coefficient (Wildman–Crippen LogP) is 2.96. The topological polar surface area (TPSA) is 67.6 Å². The first-order chi connectivity index (χ1) is 11.9. The van der Waals surface area contributed by atoms with Crippen molar-refractivity contribution in [2.45, 2.75) is 31.7 Å². The summed E-state index contributed by atoms with van der Waals surface area (Å²) in [7, 11) is 1.63. The molecule has 1 unspecified atom stereocenters. The van der Waals surface area contributed by atoms with E-state index in [-0.39, 0.29) is 23.2 Å². The number of amides is 1. The largest absolute Gasteiger partial charge is 0.384 e. The van der Waals surface area contributed by atoms with Gasteiger partial charge in [-0.1, -0.05) is 19.0 Å².